The monoisotopic (exact) mass is 369 g/mol. The average Bonchev–Trinajstić information content (AvgIpc) is 2.59. The van der Waals surface area contributed by atoms with Crippen LogP contribution in [0.3, 0.4) is 0 Å². The van der Waals surface area contributed by atoms with Crippen LogP contribution in [0.15, 0.2) is 52.8 Å². The highest BCUT2D eigenvalue weighted by molar-refractivity contribution is 6.30. The van der Waals surface area contributed by atoms with Gasteiger partial charge in [-0.15, -0.1) is 0 Å². The summed E-state index contributed by atoms with van der Waals surface area (Å²) in [5.74, 6) is 0. The number of unbranched alkanes of at least 4 members (excludes halogenated alkanes) is 2. The lowest BCUT2D eigenvalue weighted by atomic mass is 10.2. The second-order valence-electron chi connectivity index (χ2n) is 5.28. The maximum absolute atomic E-state index is 8.80. The number of allylic oxidation sites excluding steroid dienone is 6. The van der Waals surface area contributed by atoms with Gasteiger partial charge in [0.1, 0.15) is 0 Å². The van der Waals surface area contributed by atoms with Gasteiger partial charge in [0, 0.05) is 43.1 Å². The van der Waals surface area contributed by atoms with Crippen LogP contribution in [0.25, 0.3) is 0 Å². The molecule has 0 rings (SSSR count). The Morgan fingerprint density at radius 3 is 2.36 bits per heavy atom. The van der Waals surface area contributed by atoms with Crippen molar-refractivity contribution >= 4 is 17.8 Å². The summed E-state index contributed by atoms with van der Waals surface area (Å²) in [6, 6.07) is 0. The highest BCUT2D eigenvalue weighted by Crippen LogP contribution is 2.11. The van der Waals surface area contributed by atoms with Gasteiger partial charge >= 0.3 is 0 Å². The van der Waals surface area contributed by atoms with Gasteiger partial charge in [-0.25, -0.2) is 0 Å². The van der Waals surface area contributed by atoms with Crippen molar-refractivity contribution in [1.29, 1.82) is 0 Å². The molecule has 0 radical (unpaired) electrons. The minimum absolute atomic E-state index is 0.276. The summed E-state index contributed by atoms with van der Waals surface area (Å²) in [4.78, 5) is 0. The Balaban J connectivity index is 0. The normalized spacial score (nSPS) is 12.0. The molecule has 0 unspecified atom stereocenters. The zero-order valence-corrected chi connectivity index (χ0v) is 17.1. The van der Waals surface area contributed by atoms with Crippen molar-refractivity contribution in [3.8, 4) is 0 Å². The van der Waals surface area contributed by atoms with Crippen molar-refractivity contribution in [3.63, 3.8) is 0 Å². The fourth-order valence-electron chi connectivity index (χ4n) is 1.89. The molecule has 0 aromatic heterocycles. The van der Waals surface area contributed by atoms with Crippen molar-refractivity contribution in [2.75, 3.05) is 26.7 Å². The van der Waals surface area contributed by atoms with E-state index in [1.165, 1.54) is 5.70 Å². The predicted octanol–water partition coefficient (Wildman–Crippen LogP) is 4.84. The van der Waals surface area contributed by atoms with Gasteiger partial charge in [-0.1, -0.05) is 36.4 Å². The van der Waals surface area contributed by atoms with Gasteiger partial charge in [0.15, 0.2) is 0 Å². The number of hydrogen-bond donors (Lipinski definition) is 2. The minimum Gasteiger partial charge on any atom is -0.396 e. The highest BCUT2D eigenvalue weighted by atomic mass is 35.5. The lowest BCUT2D eigenvalue weighted by Gasteiger charge is -2.22. The first-order valence-electron chi connectivity index (χ1n) is 8.87. The molecule has 0 aliphatic carbocycles. The van der Waals surface area contributed by atoms with Crippen molar-refractivity contribution in [3.05, 3.63) is 47.7 Å². The third-order valence-electron chi connectivity index (χ3n) is 3.16. The van der Waals surface area contributed by atoms with E-state index in [1.807, 2.05) is 45.3 Å². The number of hydrogen-bond acceptors (Lipinski definition) is 4. The first kappa shape index (κ1) is 25.9. The molecule has 2 N–H and O–H groups in total. The summed E-state index contributed by atoms with van der Waals surface area (Å²) in [5, 5.41) is 19.1. The highest BCUT2D eigenvalue weighted by Gasteiger charge is 2.06. The Kier molecular flexibility index (Phi) is 21.4. The molecule has 0 aromatic carbocycles. The van der Waals surface area contributed by atoms with E-state index >= 15 is 0 Å². The van der Waals surface area contributed by atoms with E-state index in [-0.39, 0.29) is 6.61 Å². The topological polar surface area (TPSA) is 47.9 Å². The van der Waals surface area contributed by atoms with Crippen LogP contribution in [0.2, 0.25) is 0 Å². The Bertz CT molecular complexity index is 429. The van der Waals surface area contributed by atoms with E-state index in [9.17, 15) is 0 Å². The summed E-state index contributed by atoms with van der Waals surface area (Å²) in [6.07, 6.45) is 15.4. The van der Waals surface area contributed by atoms with Crippen molar-refractivity contribution in [2.24, 2.45) is 5.10 Å². The SMILES string of the molecule is C/C=C/C=N/N(CCCCCO)/C(=C/C)CCNC.C=C(Cl)/C=C\C. The van der Waals surface area contributed by atoms with Crippen LogP contribution < -0.4 is 5.32 Å². The van der Waals surface area contributed by atoms with Crippen LogP contribution in [0.5, 0.6) is 0 Å². The molecule has 0 aliphatic heterocycles. The Morgan fingerprint density at radius 1 is 1.20 bits per heavy atom. The minimum atomic E-state index is 0.276. The van der Waals surface area contributed by atoms with E-state index < -0.39 is 0 Å². The first-order chi connectivity index (χ1) is 12.1. The van der Waals surface area contributed by atoms with Gasteiger partial charge in [-0.3, -0.25) is 5.01 Å². The second kappa shape index (κ2) is 20.7. The lowest BCUT2D eigenvalue weighted by Crippen LogP contribution is -2.21. The van der Waals surface area contributed by atoms with E-state index in [0.29, 0.717) is 5.03 Å². The molecule has 0 aromatic rings. The Labute approximate surface area is 159 Å². The molecule has 25 heavy (non-hydrogen) atoms. The molecule has 144 valence electrons. The molecule has 0 atom stereocenters. The van der Waals surface area contributed by atoms with Gasteiger partial charge < -0.3 is 10.4 Å². The number of hydrazone groups is 1. The third-order valence-corrected chi connectivity index (χ3v) is 3.28. The molecule has 0 saturated heterocycles. The fraction of sp³-hybridized carbons (Fsp3) is 0.550. The van der Waals surface area contributed by atoms with Gasteiger partial charge in [0.25, 0.3) is 0 Å². The zero-order chi connectivity index (χ0) is 19.3. The van der Waals surface area contributed by atoms with Crippen LogP contribution in [0, 0.1) is 0 Å². The molecule has 0 spiro atoms. The smallest absolute Gasteiger partial charge is 0.0471 e. The number of nitrogens with zero attached hydrogens (tertiary/aromatic N) is 2. The molecule has 0 fully saturated rings. The lowest BCUT2D eigenvalue weighted by molar-refractivity contribution is 0.275. The first-order valence-corrected chi connectivity index (χ1v) is 9.25. The number of rotatable bonds is 12. The maximum Gasteiger partial charge on any atom is 0.0471 e. The van der Waals surface area contributed by atoms with Crippen molar-refractivity contribution in [2.45, 2.75) is 46.5 Å². The zero-order valence-electron chi connectivity index (χ0n) is 16.3. The number of halogens is 1. The Morgan fingerprint density at radius 2 is 1.92 bits per heavy atom. The fourth-order valence-corrected chi connectivity index (χ4v) is 2.01. The summed E-state index contributed by atoms with van der Waals surface area (Å²) in [6.45, 7) is 11.5. The van der Waals surface area contributed by atoms with Crippen LogP contribution >= 0.6 is 11.6 Å². The van der Waals surface area contributed by atoms with E-state index in [2.05, 4.69) is 35.0 Å². The molecule has 0 bridgehead atoms. The van der Waals surface area contributed by atoms with Crippen LogP contribution in [0.1, 0.15) is 46.5 Å². The van der Waals surface area contributed by atoms with Gasteiger partial charge in [0.05, 0.1) is 0 Å². The molecular weight excluding hydrogens is 334 g/mol. The average molecular weight is 370 g/mol. The van der Waals surface area contributed by atoms with Gasteiger partial charge in [0.2, 0.25) is 0 Å². The van der Waals surface area contributed by atoms with Gasteiger partial charge in [-0.2, -0.15) is 5.10 Å². The molecule has 5 heteroatoms. The van der Waals surface area contributed by atoms with E-state index in [0.717, 1.165) is 38.8 Å². The largest absolute Gasteiger partial charge is 0.396 e. The molecule has 4 nitrogen and oxygen atoms in total. The summed E-state index contributed by atoms with van der Waals surface area (Å²) in [5.41, 5.74) is 1.24. The van der Waals surface area contributed by atoms with E-state index in [1.54, 1.807) is 6.08 Å². The maximum atomic E-state index is 8.80. The van der Waals surface area contributed by atoms with Crippen LogP contribution in [-0.4, -0.2) is 43.1 Å². The van der Waals surface area contributed by atoms with Crippen molar-refractivity contribution < 1.29 is 5.11 Å². The van der Waals surface area contributed by atoms with Crippen LogP contribution in [0.4, 0.5) is 0 Å². The number of aliphatic hydroxyl groups is 1. The molecule has 0 saturated carbocycles. The van der Waals surface area contributed by atoms with Crippen LogP contribution in [-0.2, 0) is 0 Å². The summed E-state index contributed by atoms with van der Waals surface area (Å²) >= 11 is 5.30. The Hall–Kier alpha value is -1.36. The number of nitrogens with one attached hydrogen (secondary N) is 1. The summed E-state index contributed by atoms with van der Waals surface area (Å²) in [7, 11) is 1.96. The predicted molar refractivity (Wildman–Crippen MR) is 113 cm³/mol. The quantitative estimate of drug-likeness (QED) is 0.224. The summed E-state index contributed by atoms with van der Waals surface area (Å²) < 4.78 is 0. The van der Waals surface area contributed by atoms with Crippen molar-refractivity contribution in [1.82, 2.24) is 10.3 Å². The van der Waals surface area contributed by atoms with E-state index in [4.69, 9.17) is 16.7 Å². The molecular formula is C20H36ClN3O. The molecule has 0 aliphatic rings. The number of aliphatic hydroxyl groups excluding tert-OH is 1. The molecule has 0 amide bonds. The van der Waals surface area contributed by atoms with Gasteiger partial charge in [-0.05, 0) is 59.2 Å². The third kappa shape index (κ3) is 18.8. The standard InChI is InChI=1S/C15H29N3O.C5H7Cl/c1-4-6-11-17-18(13-8-7-9-14-19)15(5-2)10-12-16-3;1-3-4-5(2)6/h4-6,11,16,19H,7-10,12-14H2,1-3H3;3-4H,2H2,1H3/b6-4+,15-5+,17-11+;4-3-. The second-order valence-corrected chi connectivity index (χ2v) is 5.76. The molecule has 0 heterocycles.